The minimum atomic E-state index is 0.146. The fraction of sp³-hybridized carbons (Fsp3) is 0.167. The van der Waals surface area contributed by atoms with E-state index in [0.29, 0.717) is 0 Å². The summed E-state index contributed by atoms with van der Waals surface area (Å²) >= 11 is 1.75. The van der Waals surface area contributed by atoms with Gasteiger partial charge in [-0.05, 0) is 23.4 Å². The van der Waals surface area contributed by atoms with Crippen molar-refractivity contribution in [1.29, 1.82) is 0 Å². The van der Waals surface area contributed by atoms with Crippen LogP contribution in [0.25, 0.3) is 11.2 Å². The van der Waals surface area contributed by atoms with Gasteiger partial charge in [0.25, 0.3) is 0 Å². The normalized spacial score (nSPS) is 12.4. The van der Waals surface area contributed by atoms with Crippen molar-refractivity contribution in [2.75, 3.05) is 5.32 Å². The molecule has 4 rings (SSSR count). The number of imidazole rings is 1. The van der Waals surface area contributed by atoms with Crippen LogP contribution in [-0.4, -0.2) is 19.5 Å². The van der Waals surface area contributed by atoms with Crippen molar-refractivity contribution in [2.45, 2.75) is 12.5 Å². The van der Waals surface area contributed by atoms with E-state index in [1.807, 2.05) is 17.7 Å². The highest BCUT2D eigenvalue weighted by molar-refractivity contribution is 7.10. The number of rotatable bonds is 5. The molecule has 120 valence electrons. The molecule has 0 bridgehead atoms. The fourth-order valence-electron chi connectivity index (χ4n) is 2.78. The fourth-order valence-corrected chi connectivity index (χ4v) is 3.56. The number of fused-ring (bicyclic) bond motifs is 1. The first kappa shape index (κ1) is 14.8. The van der Waals surface area contributed by atoms with Gasteiger partial charge in [0.1, 0.15) is 11.8 Å². The number of benzene rings is 1. The Morgan fingerprint density at radius 3 is 2.75 bits per heavy atom. The molecule has 0 fully saturated rings. The summed E-state index contributed by atoms with van der Waals surface area (Å²) in [5, 5.41) is 5.67. The first-order valence-corrected chi connectivity index (χ1v) is 8.65. The highest BCUT2D eigenvalue weighted by atomic mass is 32.1. The first-order chi connectivity index (χ1) is 11.8. The third-order valence-corrected chi connectivity index (χ3v) is 4.96. The number of hydrogen-bond donors (Lipinski definition) is 1. The molecule has 3 aromatic heterocycles. The SMILES string of the molecule is Cn1cnc2c(NC(Cc3ccccc3)c3cccs3)ncnc21. The van der Waals surface area contributed by atoms with Gasteiger partial charge in [-0.2, -0.15) is 0 Å². The molecule has 1 unspecified atom stereocenters. The van der Waals surface area contributed by atoms with E-state index >= 15 is 0 Å². The second-order valence-corrected chi connectivity index (χ2v) is 6.63. The van der Waals surface area contributed by atoms with Gasteiger partial charge in [-0.3, -0.25) is 0 Å². The van der Waals surface area contributed by atoms with Gasteiger partial charge in [0.15, 0.2) is 11.5 Å². The Morgan fingerprint density at radius 1 is 1.08 bits per heavy atom. The Bertz CT molecular complexity index is 931. The Balaban J connectivity index is 1.69. The zero-order valence-corrected chi connectivity index (χ0v) is 14.1. The molecule has 0 amide bonds. The van der Waals surface area contributed by atoms with Crippen molar-refractivity contribution in [2.24, 2.45) is 7.05 Å². The zero-order valence-electron chi connectivity index (χ0n) is 13.3. The maximum atomic E-state index is 4.44. The number of thiophene rings is 1. The Kier molecular flexibility index (Phi) is 3.96. The highest BCUT2D eigenvalue weighted by Crippen LogP contribution is 2.28. The van der Waals surface area contributed by atoms with Crippen LogP contribution in [0.15, 0.2) is 60.5 Å². The van der Waals surface area contributed by atoms with E-state index in [2.05, 4.69) is 62.0 Å². The van der Waals surface area contributed by atoms with Crippen LogP contribution >= 0.6 is 11.3 Å². The summed E-state index contributed by atoms with van der Waals surface area (Å²) in [7, 11) is 1.94. The summed E-state index contributed by atoms with van der Waals surface area (Å²) in [4.78, 5) is 14.4. The second kappa shape index (κ2) is 6.41. The van der Waals surface area contributed by atoms with Crippen LogP contribution in [-0.2, 0) is 13.5 Å². The van der Waals surface area contributed by atoms with Gasteiger partial charge >= 0.3 is 0 Å². The van der Waals surface area contributed by atoms with Gasteiger partial charge < -0.3 is 9.88 Å². The van der Waals surface area contributed by atoms with E-state index in [0.717, 1.165) is 23.4 Å². The first-order valence-electron chi connectivity index (χ1n) is 7.77. The van der Waals surface area contributed by atoms with Gasteiger partial charge in [0.2, 0.25) is 0 Å². The summed E-state index contributed by atoms with van der Waals surface area (Å²) in [5.41, 5.74) is 2.92. The van der Waals surface area contributed by atoms with E-state index < -0.39 is 0 Å². The molecule has 0 aliphatic carbocycles. The molecule has 0 spiro atoms. The molecule has 24 heavy (non-hydrogen) atoms. The van der Waals surface area contributed by atoms with Crippen molar-refractivity contribution < 1.29 is 0 Å². The van der Waals surface area contributed by atoms with Crippen LogP contribution in [0.3, 0.4) is 0 Å². The van der Waals surface area contributed by atoms with E-state index in [1.165, 1.54) is 10.4 Å². The Hall–Kier alpha value is -2.73. The largest absolute Gasteiger partial charge is 0.360 e. The molecular weight excluding hydrogens is 318 g/mol. The molecule has 1 N–H and O–H groups in total. The highest BCUT2D eigenvalue weighted by Gasteiger charge is 2.17. The number of aromatic nitrogens is 4. The summed E-state index contributed by atoms with van der Waals surface area (Å²) in [5.74, 6) is 0.773. The van der Waals surface area contributed by atoms with E-state index in [-0.39, 0.29) is 6.04 Å². The molecule has 6 heteroatoms. The van der Waals surface area contributed by atoms with Crippen LogP contribution < -0.4 is 5.32 Å². The van der Waals surface area contributed by atoms with Crippen LogP contribution in [0.1, 0.15) is 16.5 Å². The van der Waals surface area contributed by atoms with Gasteiger partial charge in [-0.25, -0.2) is 15.0 Å². The lowest BCUT2D eigenvalue weighted by Gasteiger charge is -2.18. The summed E-state index contributed by atoms with van der Waals surface area (Å²) < 4.78 is 1.90. The molecule has 3 heterocycles. The predicted molar refractivity (Wildman–Crippen MR) is 97.1 cm³/mol. The lowest BCUT2D eigenvalue weighted by Crippen LogP contribution is -2.14. The van der Waals surface area contributed by atoms with Crippen molar-refractivity contribution in [3.8, 4) is 0 Å². The average molecular weight is 335 g/mol. The van der Waals surface area contributed by atoms with Gasteiger partial charge in [0, 0.05) is 11.9 Å². The predicted octanol–water partition coefficient (Wildman–Crippen LogP) is 3.82. The quantitative estimate of drug-likeness (QED) is 0.602. The number of nitrogens with one attached hydrogen (secondary N) is 1. The maximum Gasteiger partial charge on any atom is 0.165 e. The second-order valence-electron chi connectivity index (χ2n) is 5.65. The molecule has 4 aromatic rings. The van der Waals surface area contributed by atoms with Gasteiger partial charge in [-0.15, -0.1) is 11.3 Å². The summed E-state index contributed by atoms with van der Waals surface area (Å²) in [6.45, 7) is 0. The van der Waals surface area contributed by atoms with Crippen LogP contribution in [0.4, 0.5) is 5.82 Å². The molecule has 0 radical (unpaired) electrons. The number of anilines is 1. The van der Waals surface area contributed by atoms with Crippen molar-refractivity contribution >= 4 is 28.3 Å². The lowest BCUT2D eigenvalue weighted by atomic mass is 10.0. The van der Waals surface area contributed by atoms with Crippen molar-refractivity contribution in [1.82, 2.24) is 19.5 Å². The number of hydrogen-bond acceptors (Lipinski definition) is 5. The standard InChI is InChI=1S/C18H17N5S/c1-23-12-21-16-17(19-11-20-18(16)23)22-14(15-8-5-9-24-15)10-13-6-3-2-4-7-13/h2-9,11-12,14H,10H2,1H3,(H,19,20,22). The number of aryl methyl sites for hydroxylation is 1. The molecule has 1 atom stereocenters. The maximum absolute atomic E-state index is 4.44. The van der Waals surface area contributed by atoms with Crippen LogP contribution in [0, 0.1) is 0 Å². The van der Waals surface area contributed by atoms with E-state index in [1.54, 1.807) is 24.0 Å². The molecule has 0 aliphatic heterocycles. The topological polar surface area (TPSA) is 55.6 Å². The van der Waals surface area contributed by atoms with Crippen LogP contribution in [0.5, 0.6) is 0 Å². The van der Waals surface area contributed by atoms with E-state index in [9.17, 15) is 0 Å². The molecular formula is C18H17N5S. The molecule has 0 saturated carbocycles. The monoisotopic (exact) mass is 335 g/mol. The summed E-state index contributed by atoms with van der Waals surface area (Å²) in [6.07, 6.45) is 4.24. The lowest BCUT2D eigenvalue weighted by molar-refractivity contribution is 0.786. The molecule has 0 saturated heterocycles. The minimum absolute atomic E-state index is 0.146. The average Bonchev–Trinajstić information content (AvgIpc) is 3.26. The van der Waals surface area contributed by atoms with Crippen LogP contribution in [0.2, 0.25) is 0 Å². The van der Waals surface area contributed by atoms with Gasteiger partial charge in [-0.1, -0.05) is 36.4 Å². The Labute approximate surface area is 144 Å². The molecule has 5 nitrogen and oxygen atoms in total. The summed E-state index contributed by atoms with van der Waals surface area (Å²) in [6, 6.07) is 14.9. The molecule has 0 aliphatic rings. The van der Waals surface area contributed by atoms with Gasteiger partial charge in [0.05, 0.1) is 12.4 Å². The van der Waals surface area contributed by atoms with Crippen molar-refractivity contribution in [3.63, 3.8) is 0 Å². The third kappa shape index (κ3) is 2.88. The number of nitrogens with zero attached hydrogens (tertiary/aromatic N) is 4. The van der Waals surface area contributed by atoms with Crippen molar-refractivity contribution in [3.05, 3.63) is 70.9 Å². The van der Waals surface area contributed by atoms with E-state index in [4.69, 9.17) is 0 Å². The Morgan fingerprint density at radius 2 is 1.96 bits per heavy atom. The molecule has 1 aromatic carbocycles. The minimum Gasteiger partial charge on any atom is -0.360 e. The third-order valence-electron chi connectivity index (χ3n) is 3.98. The zero-order chi connectivity index (χ0) is 16.4. The smallest absolute Gasteiger partial charge is 0.165 e.